The first-order valence-corrected chi connectivity index (χ1v) is 7.87. The molecule has 3 saturated carbocycles. The minimum atomic E-state index is -0.0888. The number of hydrogen-bond donors (Lipinski definition) is 2. The summed E-state index contributed by atoms with van der Waals surface area (Å²) in [4.78, 5) is 12.3. The molecule has 0 aliphatic heterocycles. The Hall–Kier alpha value is -0.930. The summed E-state index contributed by atoms with van der Waals surface area (Å²) in [6.45, 7) is 0. The van der Waals surface area contributed by atoms with Crippen molar-refractivity contribution in [2.24, 2.45) is 23.7 Å². The first-order valence-electron chi connectivity index (χ1n) is 7.11. The van der Waals surface area contributed by atoms with Gasteiger partial charge in [-0.25, -0.2) is 0 Å². The number of amides is 1. The van der Waals surface area contributed by atoms with E-state index in [-0.39, 0.29) is 5.91 Å². The predicted molar refractivity (Wildman–Crippen MR) is 79.9 cm³/mol. The molecule has 0 spiro atoms. The zero-order chi connectivity index (χ0) is 14.0. The lowest BCUT2D eigenvalue weighted by Gasteiger charge is -2.11. The van der Waals surface area contributed by atoms with Crippen LogP contribution in [-0.2, 0) is 0 Å². The van der Waals surface area contributed by atoms with Crippen molar-refractivity contribution in [3.05, 3.63) is 27.7 Å². The van der Waals surface area contributed by atoms with Gasteiger partial charge in [-0.05, 0) is 55.1 Å². The van der Waals surface area contributed by atoms with Crippen molar-refractivity contribution in [3.63, 3.8) is 0 Å². The number of halogens is 2. The largest absolute Gasteiger partial charge is 0.397 e. The van der Waals surface area contributed by atoms with E-state index in [9.17, 15) is 4.79 Å². The molecule has 0 radical (unpaired) electrons. The maximum absolute atomic E-state index is 12.3. The molecule has 3 aliphatic rings. The minimum Gasteiger partial charge on any atom is -0.397 e. The molecule has 0 aromatic heterocycles. The maximum Gasteiger partial charge on any atom is 0.251 e. The molecule has 1 aromatic rings. The average molecular weight is 311 g/mol. The maximum atomic E-state index is 12.3. The molecule has 4 atom stereocenters. The van der Waals surface area contributed by atoms with Gasteiger partial charge in [0, 0.05) is 11.6 Å². The molecule has 20 heavy (non-hydrogen) atoms. The van der Waals surface area contributed by atoms with E-state index in [0.717, 1.165) is 23.7 Å². The summed E-state index contributed by atoms with van der Waals surface area (Å²) in [5, 5.41) is 3.79. The van der Waals surface area contributed by atoms with Gasteiger partial charge in [-0.15, -0.1) is 0 Å². The Morgan fingerprint density at radius 1 is 1.20 bits per heavy atom. The van der Waals surface area contributed by atoms with Gasteiger partial charge in [0.25, 0.3) is 5.91 Å². The van der Waals surface area contributed by atoms with Crippen molar-refractivity contribution < 1.29 is 4.79 Å². The van der Waals surface area contributed by atoms with Crippen LogP contribution in [0, 0.1) is 23.7 Å². The highest BCUT2D eigenvalue weighted by Gasteiger charge is 2.65. The Kier molecular flexibility index (Phi) is 2.74. The van der Waals surface area contributed by atoms with Crippen molar-refractivity contribution in [2.75, 3.05) is 5.73 Å². The van der Waals surface area contributed by atoms with Gasteiger partial charge in [0.1, 0.15) is 0 Å². The standard InChI is InChI=1S/C15H16Cl2N2O/c16-9-4-8(5-10(18)13(9)17)15(20)19-14-11-6-1-2-7(3-6)12(11)14/h4-7,11-12,14H,1-3,18H2,(H,19,20). The number of fused-ring (bicyclic) bond motifs is 5. The number of carbonyl (C=O) groups excluding carboxylic acids is 1. The topological polar surface area (TPSA) is 55.1 Å². The second-order valence-electron chi connectivity index (χ2n) is 6.35. The fourth-order valence-electron chi connectivity index (χ4n) is 4.49. The van der Waals surface area contributed by atoms with Gasteiger partial charge in [0.15, 0.2) is 0 Å². The molecule has 3 aliphatic carbocycles. The molecule has 3 N–H and O–H groups in total. The fourth-order valence-corrected chi connectivity index (χ4v) is 4.83. The van der Waals surface area contributed by atoms with Gasteiger partial charge in [-0.2, -0.15) is 0 Å². The number of nitrogens with two attached hydrogens (primary N) is 1. The predicted octanol–water partition coefficient (Wildman–Crippen LogP) is 3.35. The molecule has 0 heterocycles. The number of rotatable bonds is 2. The lowest BCUT2D eigenvalue weighted by molar-refractivity contribution is 0.0944. The number of anilines is 1. The van der Waals surface area contributed by atoms with Crippen molar-refractivity contribution >= 4 is 34.8 Å². The highest BCUT2D eigenvalue weighted by Crippen LogP contribution is 2.65. The summed E-state index contributed by atoms with van der Waals surface area (Å²) in [6, 6.07) is 3.54. The summed E-state index contributed by atoms with van der Waals surface area (Å²) >= 11 is 11.9. The molecule has 5 heteroatoms. The zero-order valence-corrected chi connectivity index (χ0v) is 12.4. The van der Waals surface area contributed by atoms with E-state index in [1.165, 1.54) is 19.3 Å². The lowest BCUT2D eigenvalue weighted by Crippen LogP contribution is -2.30. The third-order valence-corrected chi connectivity index (χ3v) is 6.17. The summed E-state index contributed by atoms with van der Waals surface area (Å²) in [5.74, 6) is 3.04. The number of nitrogen functional groups attached to an aromatic ring is 1. The second kappa shape index (κ2) is 4.28. The molecule has 4 rings (SSSR count). The summed E-state index contributed by atoms with van der Waals surface area (Å²) in [5.41, 5.74) is 6.60. The summed E-state index contributed by atoms with van der Waals surface area (Å²) in [7, 11) is 0. The smallest absolute Gasteiger partial charge is 0.251 e. The van der Waals surface area contributed by atoms with Gasteiger partial charge in [-0.1, -0.05) is 23.2 Å². The van der Waals surface area contributed by atoms with Crippen LogP contribution in [-0.4, -0.2) is 11.9 Å². The third kappa shape index (κ3) is 1.76. The van der Waals surface area contributed by atoms with Crippen LogP contribution in [0.3, 0.4) is 0 Å². The van der Waals surface area contributed by atoms with Gasteiger partial charge < -0.3 is 11.1 Å². The average Bonchev–Trinajstić information content (AvgIpc) is 2.82. The van der Waals surface area contributed by atoms with E-state index in [4.69, 9.17) is 28.9 Å². The Morgan fingerprint density at radius 2 is 1.85 bits per heavy atom. The summed E-state index contributed by atoms with van der Waals surface area (Å²) in [6.07, 6.45) is 4.07. The first-order chi connectivity index (χ1) is 9.56. The van der Waals surface area contributed by atoms with Crippen molar-refractivity contribution in [1.82, 2.24) is 5.32 Å². The third-order valence-electron chi connectivity index (χ3n) is 5.35. The minimum absolute atomic E-state index is 0.0888. The van der Waals surface area contributed by atoms with Crippen molar-refractivity contribution in [3.8, 4) is 0 Å². The molecule has 106 valence electrons. The van der Waals surface area contributed by atoms with Crippen LogP contribution < -0.4 is 11.1 Å². The van der Waals surface area contributed by atoms with Crippen LogP contribution in [0.2, 0.25) is 10.0 Å². The Balaban J connectivity index is 1.49. The van der Waals surface area contributed by atoms with E-state index in [0.29, 0.717) is 27.3 Å². The lowest BCUT2D eigenvalue weighted by atomic mass is 10.0. The fraction of sp³-hybridized carbons (Fsp3) is 0.533. The highest BCUT2D eigenvalue weighted by molar-refractivity contribution is 6.43. The molecular formula is C15H16Cl2N2O. The summed E-state index contributed by atoms with van der Waals surface area (Å²) < 4.78 is 0. The molecule has 3 fully saturated rings. The Bertz CT molecular complexity index is 565. The van der Waals surface area contributed by atoms with Gasteiger partial charge in [-0.3, -0.25) is 4.79 Å². The van der Waals surface area contributed by atoms with Crippen molar-refractivity contribution in [2.45, 2.75) is 25.3 Å². The highest BCUT2D eigenvalue weighted by atomic mass is 35.5. The molecular weight excluding hydrogens is 295 g/mol. The molecule has 2 bridgehead atoms. The number of carbonyl (C=O) groups is 1. The van der Waals surface area contributed by atoms with Crippen LogP contribution in [0.1, 0.15) is 29.6 Å². The van der Waals surface area contributed by atoms with E-state index in [1.54, 1.807) is 12.1 Å². The van der Waals surface area contributed by atoms with Crippen LogP contribution in [0.25, 0.3) is 0 Å². The normalized spacial score (nSPS) is 36.8. The second-order valence-corrected chi connectivity index (χ2v) is 7.13. The number of nitrogens with one attached hydrogen (secondary N) is 1. The van der Waals surface area contributed by atoms with Crippen LogP contribution in [0.4, 0.5) is 5.69 Å². The number of hydrogen-bond acceptors (Lipinski definition) is 2. The van der Waals surface area contributed by atoms with Gasteiger partial charge in [0.2, 0.25) is 0 Å². The van der Waals surface area contributed by atoms with Crippen LogP contribution >= 0.6 is 23.2 Å². The Morgan fingerprint density at radius 3 is 2.45 bits per heavy atom. The van der Waals surface area contributed by atoms with Crippen LogP contribution in [0.5, 0.6) is 0 Å². The van der Waals surface area contributed by atoms with E-state index < -0.39 is 0 Å². The Labute approximate surface area is 127 Å². The molecule has 0 saturated heterocycles. The van der Waals surface area contributed by atoms with Gasteiger partial charge >= 0.3 is 0 Å². The quantitative estimate of drug-likeness (QED) is 0.823. The molecule has 1 aromatic carbocycles. The van der Waals surface area contributed by atoms with E-state index >= 15 is 0 Å². The van der Waals surface area contributed by atoms with E-state index in [2.05, 4.69) is 5.32 Å². The van der Waals surface area contributed by atoms with Crippen LogP contribution in [0.15, 0.2) is 12.1 Å². The molecule has 3 nitrogen and oxygen atoms in total. The zero-order valence-electron chi connectivity index (χ0n) is 10.9. The molecule has 4 unspecified atom stereocenters. The van der Waals surface area contributed by atoms with Gasteiger partial charge in [0.05, 0.1) is 15.7 Å². The SMILES string of the molecule is Nc1cc(C(=O)NC2C3C4CCC(C4)C23)cc(Cl)c1Cl. The van der Waals surface area contributed by atoms with Crippen molar-refractivity contribution in [1.29, 1.82) is 0 Å². The monoisotopic (exact) mass is 310 g/mol. The van der Waals surface area contributed by atoms with E-state index in [1.807, 2.05) is 0 Å². The first kappa shape index (κ1) is 12.8. The molecule has 1 amide bonds. The number of benzene rings is 1.